The third-order valence-electron chi connectivity index (χ3n) is 3.19. The smallest absolute Gasteiger partial charge is 0.243 e. The number of hydrogen-bond donors (Lipinski definition) is 2. The Balaban J connectivity index is 2.19. The second-order valence-corrected chi connectivity index (χ2v) is 4.95. The molecule has 0 radical (unpaired) electrons. The van der Waals surface area contributed by atoms with Gasteiger partial charge in [-0.3, -0.25) is 0 Å². The number of allylic oxidation sites excluding steroid dienone is 1. The lowest BCUT2D eigenvalue weighted by Gasteiger charge is -2.22. The van der Waals surface area contributed by atoms with E-state index in [2.05, 4.69) is 16.0 Å². The number of rotatable bonds is 1. The number of fused-ring (bicyclic) bond motifs is 1. The molecule has 0 saturated heterocycles. The molecule has 0 fully saturated rings. The van der Waals surface area contributed by atoms with E-state index < -0.39 is 0 Å². The van der Waals surface area contributed by atoms with Crippen LogP contribution in [0, 0.1) is 18.3 Å². The van der Waals surface area contributed by atoms with Crippen molar-refractivity contribution in [1.82, 2.24) is 9.97 Å². The van der Waals surface area contributed by atoms with Crippen molar-refractivity contribution in [2.45, 2.75) is 12.8 Å². The molecule has 2 heterocycles. The van der Waals surface area contributed by atoms with Gasteiger partial charge in [-0.25, -0.2) is 0 Å². The molecular formula is C14H11ClN4O. The van der Waals surface area contributed by atoms with Gasteiger partial charge in [-0.05, 0) is 24.6 Å². The molecule has 0 bridgehead atoms. The lowest BCUT2D eigenvalue weighted by molar-refractivity contribution is 0.379. The summed E-state index contributed by atoms with van der Waals surface area (Å²) in [5.41, 5.74) is 7.83. The number of nitrogens with one attached hydrogen (secondary N) is 1. The highest BCUT2D eigenvalue weighted by Gasteiger charge is 2.33. The van der Waals surface area contributed by atoms with E-state index in [4.69, 9.17) is 22.1 Å². The lowest BCUT2D eigenvalue weighted by atomic mass is 9.88. The number of aromatic nitrogens is 2. The van der Waals surface area contributed by atoms with Crippen molar-refractivity contribution in [2.24, 2.45) is 5.73 Å². The number of benzene rings is 1. The molecule has 1 atom stereocenters. The molecule has 1 aliphatic heterocycles. The first-order chi connectivity index (χ1) is 9.60. The summed E-state index contributed by atoms with van der Waals surface area (Å²) in [7, 11) is 0. The quantitative estimate of drug-likeness (QED) is 0.843. The zero-order chi connectivity index (χ0) is 14.3. The average molecular weight is 287 g/mol. The summed E-state index contributed by atoms with van der Waals surface area (Å²) in [6.07, 6.45) is 0. The fourth-order valence-electron chi connectivity index (χ4n) is 2.32. The zero-order valence-corrected chi connectivity index (χ0v) is 11.4. The first-order valence-electron chi connectivity index (χ1n) is 5.99. The van der Waals surface area contributed by atoms with E-state index in [-0.39, 0.29) is 11.8 Å². The minimum absolute atomic E-state index is 0.0893. The van der Waals surface area contributed by atoms with Crippen molar-refractivity contribution in [3.05, 3.63) is 57.8 Å². The van der Waals surface area contributed by atoms with Crippen molar-refractivity contribution < 1.29 is 4.74 Å². The maximum atomic E-state index is 9.35. The molecule has 5 nitrogen and oxygen atoms in total. The largest absolute Gasteiger partial charge is 0.420 e. The van der Waals surface area contributed by atoms with Crippen LogP contribution in [0.1, 0.15) is 23.0 Å². The Morgan fingerprint density at radius 3 is 2.75 bits per heavy atom. The summed E-state index contributed by atoms with van der Waals surface area (Å²) in [5.74, 6) is 0.897. The maximum absolute atomic E-state index is 9.35. The minimum atomic E-state index is -0.317. The summed E-state index contributed by atoms with van der Waals surface area (Å²) in [6, 6.07) is 9.40. The van der Waals surface area contributed by atoms with Gasteiger partial charge in [0.25, 0.3) is 0 Å². The molecule has 20 heavy (non-hydrogen) atoms. The summed E-state index contributed by atoms with van der Waals surface area (Å²) < 4.78 is 5.40. The molecule has 100 valence electrons. The maximum Gasteiger partial charge on any atom is 0.243 e. The van der Waals surface area contributed by atoms with Crippen LogP contribution >= 0.6 is 11.6 Å². The van der Waals surface area contributed by atoms with E-state index in [9.17, 15) is 5.26 Å². The van der Waals surface area contributed by atoms with E-state index in [0.29, 0.717) is 22.3 Å². The number of nitriles is 1. The molecule has 3 N–H and O–H groups in total. The van der Waals surface area contributed by atoms with Gasteiger partial charge in [0.05, 0.1) is 11.6 Å². The van der Waals surface area contributed by atoms with E-state index in [1.54, 1.807) is 12.1 Å². The highest BCUT2D eigenvalue weighted by molar-refractivity contribution is 6.30. The van der Waals surface area contributed by atoms with Crippen molar-refractivity contribution in [3.63, 3.8) is 0 Å². The number of nitrogens with two attached hydrogens (primary N) is 1. The van der Waals surface area contributed by atoms with Gasteiger partial charge < -0.3 is 15.5 Å². The first kappa shape index (κ1) is 12.6. The number of imidazole rings is 1. The van der Waals surface area contributed by atoms with Crippen LogP contribution < -0.4 is 10.5 Å². The monoisotopic (exact) mass is 286 g/mol. The predicted molar refractivity (Wildman–Crippen MR) is 74.1 cm³/mol. The fraction of sp³-hybridized carbons (Fsp3) is 0.143. The topological polar surface area (TPSA) is 87.7 Å². The first-order valence-corrected chi connectivity index (χ1v) is 6.37. The molecule has 1 aromatic carbocycles. The zero-order valence-electron chi connectivity index (χ0n) is 10.6. The number of hydrogen-bond acceptors (Lipinski definition) is 4. The van der Waals surface area contributed by atoms with E-state index in [0.717, 1.165) is 11.3 Å². The number of nitrogens with zero attached hydrogens (tertiary/aromatic N) is 2. The van der Waals surface area contributed by atoms with Crippen LogP contribution in [0.2, 0.25) is 5.02 Å². The number of ether oxygens (including phenoxy) is 1. The van der Waals surface area contributed by atoms with Gasteiger partial charge in [-0.1, -0.05) is 23.7 Å². The Morgan fingerprint density at radius 2 is 2.10 bits per heavy atom. The van der Waals surface area contributed by atoms with Crippen LogP contribution in [0.3, 0.4) is 0 Å². The van der Waals surface area contributed by atoms with Crippen LogP contribution in [0.5, 0.6) is 5.88 Å². The van der Waals surface area contributed by atoms with Crippen molar-refractivity contribution in [2.75, 3.05) is 0 Å². The lowest BCUT2D eigenvalue weighted by Crippen LogP contribution is -2.21. The van der Waals surface area contributed by atoms with Gasteiger partial charge in [-0.2, -0.15) is 10.2 Å². The molecule has 1 aliphatic rings. The van der Waals surface area contributed by atoms with Crippen LogP contribution in [-0.4, -0.2) is 9.97 Å². The number of aromatic amines is 1. The number of H-pyrrole nitrogens is 1. The van der Waals surface area contributed by atoms with E-state index in [1.807, 2.05) is 19.1 Å². The average Bonchev–Trinajstić information content (AvgIpc) is 2.78. The second kappa shape index (κ2) is 4.58. The standard InChI is InChI=1S/C14H11ClN4O/c1-7-18-12-11(8-2-4-9(15)5-3-8)10(6-16)13(17)20-14(12)19-7/h2-5,11H,17H2,1H3,(H,18,19). The Morgan fingerprint density at radius 1 is 1.40 bits per heavy atom. The summed E-state index contributed by atoms with van der Waals surface area (Å²) in [5, 5.41) is 9.99. The molecule has 0 spiro atoms. The van der Waals surface area contributed by atoms with Crippen molar-refractivity contribution in [3.8, 4) is 11.9 Å². The van der Waals surface area contributed by atoms with Gasteiger partial charge in [0.1, 0.15) is 17.5 Å². The van der Waals surface area contributed by atoms with Crippen molar-refractivity contribution >= 4 is 11.6 Å². The Bertz CT molecular complexity index is 740. The molecule has 1 unspecified atom stereocenters. The van der Waals surface area contributed by atoms with Gasteiger partial charge >= 0.3 is 0 Å². The van der Waals surface area contributed by atoms with Gasteiger partial charge in [0.2, 0.25) is 11.8 Å². The molecule has 0 saturated carbocycles. The van der Waals surface area contributed by atoms with Crippen LogP contribution in [0.25, 0.3) is 0 Å². The minimum Gasteiger partial charge on any atom is -0.420 e. The highest BCUT2D eigenvalue weighted by atomic mass is 35.5. The SMILES string of the molecule is Cc1nc2c([nH]1)C(c1ccc(Cl)cc1)C(C#N)=C(N)O2. The Hall–Kier alpha value is -2.45. The number of aryl methyl sites for hydroxylation is 1. The number of halogens is 1. The molecule has 1 aromatic heterocycles. The summed E-state index contributed by atoms with van der Waals surface area (Å²) in [6.45, 7) is 1.82. The Labute approximate surface area is 120 Å². The highest BCUT2D eigenvalue weighted by Crippen LogP contribution is 2.40. The van der Waals surface area contributed by atoms with Crippen molar-refractivity contribution in [1.29, 1.82) is 5.26 Å². The molecule has 3 rings (SSSR count). The fourth-order valence-corrected chi connectivity index (χ4v) is 2.44. The van der Waals surface area contributed by atoms with E-state index in [1.165, 1.54) is 0 Å². The molecular weight excluding hydrogens is 276 g/mol. The molecule has 6 heteroatoms. The molecule has 0 amide bonds. The predicted octanol–water partition coefficient (Wildman–Crippen LogP) is 2.59. The summed E-state index contributed by atoms with van der Waals surface area (Å²) >= 11 is 5.91. The van der Waals surface area contributed by atoms with Crippen LogP contribution in [-0.2, 0) is 0 Å². The van der Waals surface area contributed by atoms with E-state index >= 15 is 0 Å². The van der Waals surface area contributed by atoms with Crippen LogP contribution in [0.15, 0.2) is 35.7 Å². The molecule has 0 aliphatic carbocycles. The molecule has 2 aromatic rings. The third kappa shape index (κ3) is 1.91. The van der Waals surface area contributed by atoms with Crippen LogP contribution in [0.4, 0.5) is 0 Å². The second-order valence-electron chi connectivity index (χ2n) is 4.52. The van der Waals surface area contributed by atoms with Gasteiger partial charge in [0, 0.05) is 5.02 Å². The summed E-state index contributed by atoms with van der Waals surface area (Å²) in [4.78, 5) is 7.37. The third-order valence-corrected chi connectivity index (χ3v) is 3.44. The Kier molecular flexibility index (Phi) is 2.88. The van der Waals surface area contributed by atoms with Gasteiger partial charge in [-0.15, -0.1) is 0 Å². The normalized spacial score (nSPS) is 17.4. The van der Waals surface area contributed by atoms with Gasteiger partial charge in [0.15, 0.2) is 0 Å².